The molecular formula is C21H31FN4O2. The normalized spacial score (nSPS) is 11.7. The van der Waals surface area contributed by atoms with E-state index in [0.29, 0.717) is 29.8 Å². The molecule has 0 unspecified atom stereocenters. The third kappa shape index (κ3) is 6.55. The molecular weight excluding hydrogens is 359 g/mol. The third-order valence-corrected chi connectivity index (χ3v) is 3.76. The Morgan fingerprint density at radius 3 is 2.32 bits per heavy atom. The van der Waals surface area contributed by atoms with E-state index in [-0.39, 0.29) is 17.4 Å². The lowest BCUT2D eigenvalue weighted by molar-refractivity contribution is -0.154. The van der Waals surface area contributed by atoms with E-state index in [2.05, 4.69) is 15.1 Å². The second-order valence-corrected chi connectivity index (χ2v) is 7.35. The molecule has 2 rings (SSSR count). The van der Waals surface area contributed by atoms with Crippen molar-refractivity contribution in [3.05, 3.63) is 46.8 Å². The highest BCUT2D eigenvalue weighted by molar-refractivity contribution is 6.13. The molecule has 0 amide bonds. The first-order valence-corrected chi connectivity index (χ1v) is 9.35. The lowest BCUT2D eigenvalue weighted by Gasteiger charge is -2.18. The molecule has 2 aromatic heterocycles. The van der Waals surface area contributed by atoms with E-state index in [1.54, 1.807) is 31.0 Å². The topological polar surface area (TPSA) is 69.4 Å². The minimum absolute atomic E-state index is 0.137. The fourth-order valence-electron chi connectivity index (χ4n) is 2.49. The molecule has 0 saturated heterocycles. The van der Waals surface area contributed by atoms with Gasteiger partial charge in [-0.25, -0.2) is 4.39 Å². The summed E-state index contributed by atoms with van der Waals surface area (Å²) in [6.07, 6.45) is 6.22. The van der Waals surface area contributed by atoms with Gasteiger partial charge in [0.25, 0.3) is 0 Å². The maximum absolute atomic E-state index is 14.5. The second-order valence-electron chi connectivity index (χ2n) is 7.35. The zero-order chi connectivity index (χ0) is 21.5. The summed E-state index contributed by atoms with van der Waals surface area (Å²) in [5.74, 6) is -0.422. The predicted octanol–water partition coefficient (Wildman–Crippen LogP) is 4.03. The van der Waals surface area contributed by atoms with Crippen molar-refractivity contribution in [2.45, 2.75) is 60.0 Å². The zero-order valence-electron chi connectivity index (χ0n) is 18.1. The number of aromatic nitrogens is 3. The quantitative estimate of drug-likeness (QED) is 0.584. The minimum Gasteiger partial charge on any atom is -0.460 e. The van der Waals surface area contributed by atoms with Gasteiger partial charge >= 0.3 is 5.97 Å². The fourth-order valence-corrected chi connectivity index (χ4v) is 2.49. The molecule has 0 atom stereocenters. The van der Waals surface area contributed by atoms with Crippen molar-refractivity contribution in [1.29, 1.82) is 0 Å². The van der Waals surface area contributed by atoms with E-state index < -0.39 is 0 Å². The van der Waals surface area contributed by atoms with Gasteiger partial charge in [-0.3, -0.25) is 19.5 Å². The smallest absolute Gasteiger partial charge is 0.306 e. The molecule has 0 aliphatic heterocycles. The van der Waals surface area contributed by atoms with E-state index in [9.17, 15) is 9.18 Å². The first kappa shape index (κ1) is 23.5. The van der Waals surface area contributed by atoms with Crippen LogP contribution >= 0.6 is 0 Å². The SMILES string of the molecule is CCC(=O)OC(C)(C)C.CCc1ncc(C)c(C(=NC)c2cnn(C)c2)c1F. The molecule has 0 aliphatic rings. The lowest BCUT2D eigenvalue weighted by Crippen LogP contribution is -2.23. The van der Waals surface area contributed by atoms with Gasteiger partial charge in [-0.1, -0.05) is 13.8 Å². The van der Waals surface area contributed by atoms with Crippen LogP contribution in [0.5, 0.6) is 0 Å². The summed E-state index contributed by atoms with van der Waals surface area (Å²) in [5, 5.41) is 4.11. The highest BCUT2D eigenvalue weighted by Gasteiger charge is 2.18. The molecule has 28 heavy (non-hydrogen) atoms. The summed E-state index contributed by atoms with van der Waals surface area (Å²) in [5.41, 5.74) is 2.85. The molecule has 0 spiro atoms. The number of hydrogen-bond donors (Lipinski definition) is 0. The van der Waals surface area contributed by atoms with Crippen LogP contribution < -0.4 is 0 Å². The van der Waals surface area contributed by atoms with Gasteiger partial charge in [-0.2, -0.15) is 5.10 Å². The first-order valence-electron chi connectivity index (χ1n) is 9.35. The van der Waals surface area contributed by atoms with Crippen LogP contribution in [-0.4, -0.2) is 39.1 Å². The Morgan fingerprint density at radius 1 is 1.29 bits per heavy atom. The van der Waals surface area contributed by atoms with Crippen LogP contribution in [-0.2, 0) is 23.0 Å². The van der Waals surface area contributed by atoms with Crippen molar-refractivity contribution in [3.63, 3.8) is 0 Å². The van der Waals surface area contributed by atoms with Gasteiger partial charge in [-0.05, 0) is 39.7 Å². The van der Waals surface area contributed by atoms with Gasteiger partial charge in [0, 0.05) is 44.0 Å². The molecule has 7 heteroatoms. The van der Waals surface area contributed by atoms with Gasteiger partial charge in [0.05, 0.1) is 17.6 Å². The van der Waals surface area contributed by atoms with Gasteiger partial charge in [-0.15, -0.1) is 0 Å². The van der Waals surface area contributed by atoms with Gasteiger partial charge in [0.1, 0.15) is 5.60 Å². The molecule has 0 bridgehead atoms. The number of aryl methyl sites for hydroxylation is 3. The van der Waals surface area contributed by atoms with E-state index in [1.807, 2.05) is 47.9 Å². The standard InChI is InChI=1S/C14H17FN4.C7H14O2/c1-5-11-13(15)12(9(2)6-17-11)14(16-3)10-7-18-19(4)8-10;1-5-6(8)9-7(2,3)4/h6-8H,5H2,1-4H3;5H2,1-4H3. The lowest BCUT2D eigenvalue weighted by atomic mass is 9.99. The Bertz CT molecular complexity index is 835. The van der Waals surface area contributed by atoms with Crippen LogP contribution in [0, 0.1) is 12.7 Å². The number of halogens is 1. The number of carbonyl (C=O) groups excluding carboxylic acids is 1. The van der Waals surface area contributed by atoms with Crippen molar-refractivity contribution >= 4 is 11.7 Å². The number of esters is 1. The highest BCUT2D eigenvalue weighted by atomic mass is 19.1. The molecule has 0 N–H and O–H groups in total. The molecule has 2 heterocycles. The number of rotatable bonds is 4. The van der Waals surface area contributed by atoms with Crippen LogP contribution in [0.2, 0.25) is 0 Å². The van der Waals surface area contributed by atoms with Gasteiger partial charge in [0.2, 0.25) is 0 Å². The summed E-state index contributed by atoms with van der Waals surface area (Å²) in [6, 6.07) is 0. The summed E-state index contributed by atoms with van der Waals surface area (Å²) in [7, 11) is 3.48. The number of carbonyl (C=O) groups is 1. The second kappa shape index (κ2) is 10.1. The molecule has 2 aromatic rings. The predicted molar refractivity (Wildman–Crippen MR) is 109 cm³/mol. The average Bonchev–Trinajstić information content (AvgIpc) is 3.03. The van der Waals surface area contributed by atoms with E-state index in [0.717, 1.165) is 11.1 Å². The Morgan fingerprint density at radius 2 is 1.93 bits per heavy atom. The van der Waals surface area contributed by atoms with Crippen molar-refractivity contribution in [3.8, 4) is 0 Å². The molecule has 154 valence electrons. The minimum atomic E-state index is -0.326. The fraction of sp³-hybridized carbons (Fsp3) is 0.524. The summed E-state index contributed by atoms with van der Waals surface area (Å²) < 4.78 is 21.1. The number of aliphatic imine (C=N–C) groups is 1. The molecule has 0 saturated carbocycles. The van der Waals surface area contributed by atoms with E-state index >= 15 is 0 Å². The van der Waals surface area contributed by atoms with Crippen molar-refractivity contribution in [2.75, 3.05) is 7.05 Å². The molecule has 0 radical (unpaired) electrons. The summed E-state index contributed by atoms with van der Waals surface area (Å²) in [6.45, 7) is 11.1. The first-order chi connectivity index (χ1) is 13.0. The third-order valence-electron chi connectivity index (χ3n) is 3.76. The highest BCUT2D eigenvalue weighted by Crippen LogP contribution is 2.20. The van der Waals surface area contributed by atoms with Crippen LogP contribution in [0.15, 0.2) is 23.6 Å². The van der Waals surface area contributed by atoms with Crippen LogP contribution in [0.25, 0.3) is 0 Å². The molecule has 0 aliphatic carbocycles. The zero-order valence-corrected chi connectivity index (χ0v) is 18.1. The van der Waals surface area contributed by atoms with E-state index in [1.165, 1.54) is 0 Å². The number of pyridine rings is 1. The Labute approximate surface area is 166 Å². The summed E-state index contributed by atoms with van der Waals surface area (Å²) >= 11 is 0. The van der Waals surface area contributed by atoms with Crippen molar-refractivity contribution < 1.29 is 13.9 Å². The van der Waals surface area contributed by atoms with Crippen LogP contribution in [0.4, 0.5) is 4.39 Å². The molecule has 6 nitrogen and oxygen atoms in total. The average molecular weight is 391 g/mol. The number of nitrogens with zero attached hydrogens (tertiary/aromatic N) is 4. The maximum atomic E-state index is 14.5. The van der Waals surface area contributed by atoms with Crippen LogP contribution in [0.1, 0.15) is 63.4 Å². The Hall–Kier alpha value is -2.57. The monoisotopic (exact) mass is 390 g/mol. The molecule has 0 aromatic carbocycles. The maximum Gasteiger partial charge on any atom is 0.306 e. The number of hydrogen-bond acceptors (Lipinski definition) is 5. The van der Waals surface area contributed by atoms with Crippen LogP contribution in [0.3, 0.4) is 0 Å². The Kier molecular flexibility index (Phi) is 8.47. The largest absolute Gasteiger partial charge is 0.460 e. The number of ether oxygens (including phenoxy) is 1. The van der Waals surface area contributed by atoms with Crippen molar-refractivity contribution in [1.82, 2.24) is 14.8 Å². The summed E-state index contributed by atoms with van der Waals surface area (Å²) in [4.78, 5) is 19.0. The van der Waals surface area contributed by atoms with Crippen molar-refractivity contribution in [2.24, 2.45) is 12.0 Å². The van der Waals surface area contributed by atoms with E-state index in [4.69, 9.17) is 4.74 Å². The van der Waals surface area contributed by atoms with Gasteiger partial charge < -0.3 is 4.74 Å². The molecule has 0 fully saturated rings. The van der Waals surface area contributed by atoms with Gasteiger partial charge in [0.15, 0.2) is 5.82 Å². The Balaban J connectivity index is 0.000000370.